The Balaban J connectivity index is 1.80. The zero-order chi connectivity index (χ0) is 23.0. The van der Waals surface area contributed by atoms with Gasteiger partial charge in [-0.25, -0.2) is 0 Å². The maximum Gasteiger partial charge on any atom is 0.279 e. The van der Waals surface area contributed by atoms with E-state index in [1.165, 1.54) is 0 Å². The van der Waals surface area contributed by atoms with Crippen LogP contribution in [0.2, 0.25) is 0 Å². The highest BCUT2D eigenvalue weighted by molar-refractivity contribution is 5.96. The van der Waals surface area contributed by atoms with E-state index < -0.39 is 6.04 Å². The van der Waals surface area contributed by atoms with Crippen molar-refractivity contribution in [2.75, 3.05) is 37.9 Å². The Labute approximate surface area is 183 Å². The van der Waals surface area contributed by atoms with Crippen molar-refractivity contribution >= 4 is 29.1 Å². The quantitative estimate of drug-likeness (QED) is 0.478. The molecule has 0 aromatic heterocycles. The topological polar surface area (TPSA) is 101 Å². The van der Waals surface area contributed by atoms with Crippen molar-refractivity contribution in [3.8, 4) is 5.75 Å². The predicted octanol–water partition coefficient (Wildman–Crippen LogP) is 0.909. The largest absolute Gasteiger partial charge is 0.497 e. The van der Waals surface area contributed by atoms with Gasteiger partial charge < -0.3 is 25.6 Å². The van der Waals surface area contributed by atoms with Gasteiger partial charge in [0.15, 0.2) is 12.6 Å². The number of carbonyl (C=O) groups excluding carboxylic acids is 3. The highest BCUT2D eigenvalue weighted by Gasteiger charge is 2.24. The number of likely N-dealkylation sites (N-methyl/N-ethyl adjacent to an activating group) is 1. The number of carbonyl (C=O) groups is 3. The van der Waals surface area contributed by atoms with Crippen LogP contribution in [0.4, 0.5) is 11.4 Å². The van der Waals surface area contributed by atoms with Crippen molar-refractivity contribution < 1.29 is 24.0 Å². The van der Waals surface area contributed by atoms with Crippen LogP contribution in [0.15, 0.2) is 42.5 Å². The van der Waals surface area contributed by atoms with E-state index >= 15 is 0 Å². The van der Waals surface area contributed by atoms with Gasteiger partial charge in [0.25, 0.3) is 11.8 Å². The number of benzene rings is 2. The number of amides is 3. The van der Waals surface area contributed by atoms with Crippen LogP contribution in [0.5, 0.6) is 5.75 Å². The number of anilines is 2. The molecule has 0 spiro atoms. The molecular weight excluding hydrogens is 396 g/mol. The van der Waals surface area contributed by atoms with Crippen LogP contribution in [-0.2, 0) is 14.4 Å². The summed E-state index contributed by atoms with van der Waals surface area (Å²) >= 11 is 0. The molecule has 0 heterocycles. The lowest BCUT2D eigenvalue weighted by atomic mass is 10.1. The van der Waals surface area contributed by atoms with Gasteiger partial charge in [-0.2, -0.15) is 0 Å². The maximum atomic E-state index is 12.4. The standard InChI is InChI=1S/C23H30N4O4/c1-15-7-6-8-16(2)22(15)26-20(28)13-24-23(30)17(3)27(4)14-21(29)25-18-9-11-19(31-5)12-10-18/h6-12,17H,13-14H2,1-5H3,(H,24,30)(H,25,29)(H,26,28)/p+1/t17-/m0/s1. The van der Waals surface area contributed by atoms with E-state index in [9.17, 15) is 14.4 Å². The first-order valence-electron chi connectivity index (χ1n) is 10.1. The molecule has 0 aliphatic rings. The van der Waals surface area contributed by atoms with E-state index in [0.29, 0.717) is 16.3 Å². The second-order valence-electron chi connectivity index (χ2n) is 7.55. The van der Waals surface area contributed by atoms with Gasteiger partial charge in [0.05, 0.1) is 20.7 Å². The molecule has 2 rings (SSSR count). The fraction of sp³-hybridized carbons (Fsp3) is 0.348. The summed E-state index contributed by atoms with van der Waals surface area (Å²) in [5, 5.41) is 8.27. The van der Waals surface area contributed by atoms with Crippen molar-refractivity contribution in [2.24, 2.45) is 0 Å². The number of nitrogens with one attached hydrogen (secondary N) is 4. The fourth-order valence-electron chi connectivity index (χ4n) is 3.03. The molecule has 8 nitrogen and oxygen atoms in total. The highest BCUT2D eigenvalue weighted by atomic mass is 16.5. The summed E-state index contributed by atoms with van der Waals surface area (Å²) < 4.78 is 5.09. The Kier molecular flexibility index (Phi) is 8.57. The molecule has 2 atom stereocenters. The van der Waals surface area contributed by atoms with Crippen molar-refractivity contribution in [3.63, 3.8) is 0 Å². The number of ether oxygens (including phenoxy) is 1. The normalized spacial score (nSPS) is 12.4. The smallest absolute Gasteiger partial charge is 0.279 e. The minimum atomic E-state index is -0.505. The number of hydrogen-bond donors (Lipinski definition) is 4. The molecule has 8 heteroatoms. The van der Waals surface area contributed by atoms with E-state index in [1.807, 2.05) is 32.0 Å². The summed E-state index contributed by atoms with van der Waals surface area (Å²) in [7, 11) is 3.33. The van der Waals surface area contributed by atoms with Crippen LogP contribution in [0.1, 0.15) is 18.1 Å². The second-order valence-corrected chi connectivity index (χ2v) is 7.55. The van der Waals surface area contributed by atoms with Crippen molar-refractivity contribution in [2.45, 2.75) is 26.8 Å². The predicted molar refractivity (Wildman–Crippen MR) is 120 cm³/mol. The van der Waals surface area contributed by atoms with Gasteiger partial charge in [-0.05, 0) is 56.2 Å². The molecule has 0 radical (unpaired) electrons. The molecule has 0 fully saturated rings. The van der Waals surface area contributed by atoms with Gasteiger partial charge in [-0.15, -0.1) is 0 Å². The Hall–Kier alpha value is -3.39. The van der Waals surface area contributed by atoms with E-state index in [1.54, 1.807) is 45.3 Å². The molecule has 0 aliphatic heterocycles. The number of methoxy groups -OCH3 is 1. The average molecular weight is 428 g/mol. The first-order chi connectivity index (χ1) is 14.7. The minimum Gasteiger partial charge on any atom is -0.497 e. The Morgan fingerprint density at radius 2 is 1.58 bits per heavy atom. The number of hydrogen-bond acceptors (Lipinski definition) is 4. The minimum absolute atomic E-state index is 0.106. The first-order valence-corrected chi connectivity index (χ1v) is 10.1. The molecule has 166 valence electrons. The SMILES string of the molecule is COc1ccc(NC(=O)C[NH+](C)[C@@H](C)C(=O)NCC(=O)Nc2c(C)cccc2C)cc1. The molecule has 2 aromatic rings. The zero-order valence-electron chi connectivity index (χ0n) is 18.7. The van der Waals surface area contributed by atoms with Crippen LogP contribution in [0, 0.1) is 13.8 Å². The Morgan fingerprint density at radius 3 is 2.16 bits per heavy atom. The third-order valence-electron chi connectivity index (χ3n) is 5.11. The Bertz CT molecular complexity index is 907. The highest BCUT2D eigenvalue weighted by Crippen LogP contribution is 2.19. The van der Waals surface area contributed by atoms with E-state index in [4.69, 9.17) is 4.74 Å². The molecule has 3 amide bonds. The monoisotopic (exact) mass is 427 g/mol. The molecule has 1 unspecified atom stereocenters. The van der Waals surface area contributed by atoms with Crippen LogP contribution in [-0.4, -0.2) is 51.0 Å². The number of aryl methyl sites for hydroxylation is 2. The lowest BCUT2D eigenvalue weighted by molar-refractivity contribution is -0.885. The molecule has 0 saturated heterocycles. The lowest BCUT2D eigenvalue weighted by Crippen LogP contribution is -3.15. The van der Waals surface area contributed by atoms with Gasteiger partial charge in [0.1, 0.15) is 5.75 Å². The molecule has 0 saturated carbocycles. The zero-order valence-corrected chi connectivity index (χ0v) is 18.7. The number of rotatable bonds is 9. The molecule has 0 bridgehead atoms. The van der Waals surface area contributed by atoms with Crippen molar-refractivity contribution in [3.05, 3.63) is 53.6 Å². The summed E-state index contributed by atoms with van der Waals surface area (Å²) in [6.07, 6.45) is 0. The van der Waals surface area contributed by atoms with Crippen molar-refractivity contribution in [1.29, 1.82) is 0 Å². The van der Waals surface area contributed by atoms with E-state index in [2.05, 4.69) is 16.0 Å². The third kappa shape index (κ3) is 7.11. The van der Waals surface area contributed by atoms with Crippen LogP contribution >= 0.6 is 0 Å². The van der Waals surface area contributed by atoms with Crippen LogP contribution in [0.3, 0.4) is 0 Å². The molecule has 2 aromatic carbocycles. The lowest BCUT2D eigenvalue weighted by Gasteiger charge is -2.20. The molecule has 31 heavy (non-hydrogen) atoms. The fourth-order valence-corrected chi connectivity index (χ4v) is 3.03. The van der Waals surface area contributed by atoms with Gasteiger partial charge >= 0.3 is 0 Å². The maximum absolute atomic E-state index is 12.4. The van der Waals surface area contributed by atoms with E-state index in [-0.39, 0.29) is 30.8 Å². The van der Waals surface area contributed by atoms with E-state index in [0.717, 1.165) is 16.8 Å². The van der Waals surface area contributed by atoms with Crippen LogP contribution in [0.25, 0.3) is 0 Å². The average Bonchev–Trinajstić information content (AvgIpc) is 2.74. The van der Waals surface area contributed by atoms with Gasteiger partial charge in [0, 0.05) is 11.4 Å². The first kappa shape index (κ1) is 23.9. The summed E-state index contributed by atoms with van der Waals surface area (Å²) in [6.45, 7) is 5.52. The van der Waals surface area contributed by atoms with Gasteiger partial charge in [-0.3, -0.25) is 14.4 Å². The number of quaternary nitrogens is 1. The summed E-state index contributed by atoms with van der Waals surface area (Å²) in [5.41, 5.74) is 3.33. The summed E-state index contributed by atoms with van der Waals surface area (Å²) in [4.78, 5) is 37.6. The van der Waals surface area contributed by atoms with Crippen LogP contribution < -0.4 is 25.6 Å². The third-order valence-corrected chi connectivity index (χ3v) is 5.11. The molecular formula is C23H31N4O4+. The van der Waals surface area contributed by atoms with Gasteiger partial charge in [0.2, 0.25) is 5.91 Å². The van der Waals surface area contributed by atoms with Gasteiger partial charge in [-0.1, -0.05) is 18.2 Å². The summed E-state index contributed by atoms with van der Waals surface area (Å²) in [5.74, 6) is -0.109. The molecule has 0 aliphatic carbocycles. The van der Waals surface area contributed by atoms with Crippen molar-refractivity contribution in [1.82, 2.24) is 5.32 Å². The Morgan fingerprint density at radius 1 is 0.968 bits per heavy atom. The second kappa shape index (κ2) is 11.1. The number of para-hydroxylation sites is 1. The summed E-state index contributed by atoms with van der Waals surface area (Å²) in [6, 6.07) is 12.3. The molecule has 4 N–H and O–H groups in total.